The van der Waals surface area contributed by atoms with E-state index in [-0.39, 0.29) is 11.9 Å². The Morgan fingerprint density at radius 1 is 1.43 bits per heavy atom. The molecule has 0 saturated carbocycles. The molecular weight excluding hydrogens is 268 g/mol. The van der Waals surface area contributed by atoms with Crippen LogP contribution in [0.5, 0.6) is 0 Å². The average molecular weight is 286 g/mol. The first kappa shape index (κ1) is 13.7. The van der Waals surface area contributed by atoms with Crippen LogP contribution in [0.1, 0.15) is 27.9 Å². The summed E-state index contributed by atoms with van der Waals surface area (Å²) in [7, 11) is 1.94. The number of nitrogens with one attached hydrogen (secondary N) is 1. The number of imidazole rings is 1. The van der Waals surface area contributed by atoms with E-state index in [9.17, 15) is 4.79 Å². The number of aromatic nitrogens is 4. The van der Waals surface area contributed by atoms with Gasteiger partial charge in [0.2, 0.25) is 0 Å². The molecule has 1 atom stereocenters. The zero-order valence-corrected chi connectivity index (χ0v) is 12.2. The summed E-state index contributed by atoms with van der Waals surface area (Å²) >= 11 is 0. The number of aryl methyl sites for hydroxylation is 2. The summed E-state index contributed by atoms with van der Waals surface area (Å²) in [4.78, 5) is 27.1. The largest absolute Gasteiger partial charge is 0.336 e. The van der Waals surface area contributed by atoms with Gasteiger partial charge in [0.1, 0.15) is 18.2 Å². The van der Waals surface area contributed by atoms with Crippen LogP contribution < -0.4 is 5.32 Å². The van der Waals surface area contributed by atoms with Gasteiger partial charge in [-0.2, -0.15) is 0 Å². The smallest absolute Gasteiger partial charge is 0.257 e. The maximum Gasteiger partial charge on any atom is 0.257 e. The molecule has 1 aliphatic heterocycles. The second-order valence-electron chi connectivity index (χ2n) is 5.14. The highest BCUT2D eigenvalue weighted by molar-refractivity contribution is 5.95. The molecule has 1 amide bonds. The number of amides is 1. The fourth-order valence-corrected chi connectivity index (χ4v) is 2.63. The van der Waals surface area contributed by atoms with E-state index >= 15 is 0 Å². The van der Waals surface area contributed by atoms with Crippen LogP contribution in [0.2, 0.25) is 0 Å². The minimum atomic E-state index is -0.0779. The van der Waals surface area contributed by atoms with Crippen molar-refractivity contribution >= 4 is 5.91 Å². The Balaban J connectivity index is 1.93. The topological polar surface area (TPSA) is 75.9 Å². The Morgan fingerprint density at radius 3 is 3.00 bits per heavy atom. The molecule has 7 heteroatoms. The molecule has 1 aliphatic rings. The highest BCUT2D eigenvalue weighted by atomic mass is 16.2. The van der Waals surface area contributed by atoms with Crippen molar-refractivity contribution in [1.82, 2.24) is 29.7 Å². The van der Waals surface area contributed by atoms with Gasteiger partial charge in [0.15, 0.2) is 0 Å². The maximum atomic E-state index is 12.8. The van der Waals surface area contributed by atoms with Gasteiger partial charge in [0.05, 0.1) is 11.3 Å². The third-order valence-corrected chi connectivity index (χ3v) is 3.80. The number of hydrogen-bond donors (Lipinski definition) is 1. The minimum Gasteiger partial charge on any atom is -0.336 e. The molecule has 0 aromatic carbocycles. The van der Waals surface area contributed by atoms with Crippen molar-refractivity contribution in [2.45, 2.75) is 13.0 Å². The van der Waals surface area contributed by atoms with E-state index in [1.54, 1.807) is 12.4 Å². The van der Waals surface area contributed by atoms with Gasteiger partial charge in [0.25, 0.3) is 5.91 Å². The third kappa shape index (κ3) is 2.52. The Bertz CT molecular complexity index is 652. The molecule has 1 unspecified atom stereocenters. The summed E-state index contributed by atoms with van der Waals surface area (Å²) in [5.41, 5.74) is 1.26. The van der Waals surface area contributed by atoms with Crippen LogP contribution in [0.15, 0.2) is 24.9 Å². The molecule has 0 spiro atoms. The second kappa shape index (κ2) is 5.61. The molecule has 110 valence electrons. The van der Waals surface area contributed by atoms with Gasteiger partial charge >= 0.3 is 0 Å². The van der Waals surface area contributed by atoms with E-state index in [0.717, 1.165) is 12.4 Å². The molecule has 1 saturated heterocycles. The van der Waals surface area contributed by atoms with Crippen molar-refractivity contribution in [3.05, 3.63) is 42.0 Å². The van der Waals surface area contributed by atoms with Gasteiger partial charge in [-0.1, -0.05) is 0 Å². The van der Waals surface area contributed by atoms with Crippen molar-refractivity contribution in [2.24, 2.45) is 7.05 Å². The molecule has 2 aromatic rings. The number of carbonyl (C=O) groups is 1. The Kier molecular flexibility index (Phi) is 3.66. The molecule has 0 aliphatic carbocycles. The molecule has 2 aromatic heterocycles. The molecular formula is C14H18N6O. The molecule has 21 heavy (non-hydrogen) atoms. The number of piperazine rings is 1. The number of carbonyl (C=O) groups excluding carboxylic acids is 1. The van der Waals surface area contributed by atoms with Crippen LogP contribution >= 0.6 is 0 Å². The lowest BCUT2D eigenvalue weighted by Crippen LogP contribution is -2.49. The predicted octanol–water partition coefficient (Wildman–Crippen LogP) is 0.305. The summed E-state index contributed by atoms with van der Waals surface area (Å²) in [6.07, 6.45) is 6.69. The van der Waals surface area contributed by atoms with E-state index in [2.05, 4.69) is 20.3 Å². The molecule has 7 nitrogen and oxygen atoms in total. The van der Waals surface area contributed by atoms with E-state index in [1.807, 2.05) is 29.6 Å². The Labute approximate surface area is 123 Å². The van der Waals surface area contributed by atoms with Crippen molar-refractivity contribution in [2.75, 3.05) is 19.6 Å². The average Bonchev–Trinajstić information content (AvgIpc) is 2.93. The molecule has 3 rings (SSSR count). The van der Waals surface area contributed by atoms with Crippen molar-refractivity contribution in [3.8, 4) is 0 Å². The number of nitrogens with zero attached hydrogens (tertiary/aromatic N) is 5. The Morgan fingerprint density at radius 2 is 2.29 bits per heavy atom. The summed E-state index contributed by atoms with van der Waals surface area (Å²) < 4.78 is 1.95. The van der Waals surface area contributed by atoms with Gasteiger partial charge in [-0.05, 0) is 6.92 Å². The lowest BCUT2D eigenvalue weighted by atomic mass is 10.1. The standard InChI is InChI=1S/C14H18N6O/c1-10-11(7-16-9-18-10)14(21)20-6-3-15-8-12(20)13-17-4-5-19(13)2/h4-5,7,9,12,15H,3,6,8H2,1-2H3. The fourth-order valence-electron chi connectivity index (χ4n) is 2.63. The molecule has 0 radical (unpaired) electrons. The van der Waals surface area contributed by atoms with Crippen molar-refractivity contribution < 1.29 is 4.79 Å². The highest BCUT2D eigenvalue weighted by Crippen LogP contribution is 2.23. The van der Waals surface area contributed by atoms with Gasteiger partial charge in [-0.25, -0.2) is 15.0 Å². The third-order valence-electron chi connectivity index (χ3n) is 3.80. The normalized spacial score (nSPS) is 18.8. The second-order valence-corrected chi connectivity index (χ2v) is 5.14. The van der Waals surface area contributed by atoms with Crippen molar-refractivity contribution in [1.29, 1.82) is 0 Å². The quantitative estimate of drug-likeness (QED) is 0.859. The fraction of sp³-hybridized carbons (Fsp3) is 0.429. The van der Waals surface area contributed by atoms with Gasteiger partial charge in [-0.15, -0.1) is 0 Å². The summed E-state index contributed by atoms with van der Waals surface area (Å²) in [6, 6.07) is -0.0779. The van der Waals surface area contributed by atoms with Gasteiger partial charge < -0.3 is 14.8 Å². The lowest BCUT2D eigenvalue weighted by molar-refractivity contribution is 0.0619. The molecule has 1 N–H and O–H groups in total. The van der Waals surface area contributed by atoms with Crippen LogP contribution in [0, 0.1) is 6.92 Å². The number of rotatable bonds is 2. The summed E-state index contributed by atoms with van der Waals surface area (Å²) in [6.45, 7) is 3.94. The first-order valence-corrected chi connectivity index (χ1v) is 6.94. The first-order valence-electron chi connectivity index (χ1n) is 6.94. The van der Waals surface area contributed by atoms with Crippen molar-refractivity contribution in [3.63, 3.8) is 0 Å². The van der Waals surface area contributed by atoms with Gasteiger partial charge in [-0.3, -0.25) is 4.79 Å². The highest BCUT2D eigenvalue weighted by Gasteiger charge is 2.31. The lowest BCUT2D eigenvalue weighted by Gasteiger charge is -2.35. The predicted molar refractivity (Wildman–Crippen MR) is 76.6 cm³/mol. The van der Waals surface area contributed by atoms with Crippen LogP contribution in [0.25, 0.3) is 0 Å². The number of hydrogen-bond acceptors (Lipinski definition) is 5. The van der Waals surface area contributed by atoms with E-state index in [1.165, 1.54) is 6.33 Å². The summed E-state index contributed by atoms with van der Waals surface area (Å²) in [5, 5.41) is 3.32. The molecule has 3 heterocycles. The molecule has 0 bridgehead atoms. The van der Waals surface area contributed by atoms with Gasteiger partial charge in [0, 0.05) is 45.3 Å². The zero-order valence-electron chi connectivity index (χ0n) is 12.2. The SMILES string of the molecule is Cc1ncncc1C(=O)N1CCNCC1c1nccn1C. The van der Waals surface area contributed by atoms with E-state index in [4.69, 9.17) is 0 Å². The Hall–Kier alpha value is -2.28. The maximum absolute atomic E-state index is 12.8. The van der Waals surface area contributed by atoms with Crippen LogP contribution in [-0.2, 0) is 7.05 Å². The monoisotopic (exact) mass is 286 g/mol. The van der Waals surface area contributed by atoms with E-state index in [0.29, 0.717) is 24.3 Å². The van der Waals surface area contributed by atoms with Crippen LogP contribution in [-0.4, -0.2) is 50.0 Å². The van der Waals surface area contributed by atoms with Crippen LogP contribution in [0.3, 0.4) is 0 Å². The minimum absolute atomic E-state index is 0.0393. The zero-order chi connectivity index (χ0) is 14.8. The molecule has 1 fully saturated rings. The van der Waals surface area contributed by atoms with E-state index < -0.39 is 0 Å². The first-order chi connectivity index (χ1) is 10.2. The summed E-state index contributed by atoms with van der Waals surface area (Å²) in [5.74, 6) is 0.840. The van der Waals surface area contributed by atoms with Crippen LogP contribution in [0.4, 0.5) is 0 Å².